The van der Waals surface area contributed by atoms with Crippen LogP contribution in [0.1, 0.15) is 22.8 Å². The highest BCUT2D eigenvalue weighted by molar-refractivity contribution is 6.10. The lowest BCUT2D eigenvalue weighted by molar-refractivity contribution is 0.0953. The van der Waals surface area contributed by atoms with E-state index < -0.39 is 0 Å². The van der Waals surface area contributed by atoms with Crippen molar-refractivity contribution in [2.75, 3.05) is 13.2 Å². The molecular formula is C19H17N3O3. The van der Waals surface area contributed by atoms with Crippen molar-refractivity contribution in [3.8, 4) is 11.5 Å². The Labute approximate surface area is 144 Å². The summed E-state index contributed by atoms with van der Waals surface area (Å²) < 4.78 is 11.0. The van der Waals surface area contributed by atoms with Gasteiger partial charge < -0.3 is 14.5 Å². The Morgan fingerprint density at radius 3 is 2.80 bits per heavy atom. The molecule has 4 rings (SSSR count). The van der Waals surface area contributed by atoms with Crippen LogP contribution in [0.4, 0.5) is 0 Å². The first-order chi connectivity index (χ1) is 12.2. The number of nitrogens with one attached hydrogen (secondary N) is 2. The maximum atomic E-state index is 12.3. The molecule has 2 aromatic carbocycles. The van der Waals surface area contributed by atoms with Gasteiger partial charge in [0.25, 0.3) is 5.91 Å². The number of benzene rings is 2. The van der Waals surface area contributed by atoms with Crippen LogP contribution in [0.2, 0.25) is 0 Å². The first kappa shape index (κ1) is 15.3. The number of hydrazone groups is 1. The number of carbonyl (C=O) groups is 1. The number of amides is 1. The molecule has 0 saturated carbocycles. The predicted octanol–water partition coefficient (Wildman–Crippen LogP) is 3.09. The van der Waals surface area contributed by atoms with Gasteiger partial charge in [0, 0.05) is 28.2 Å². The number of H-pyrrole nitrogens is 1. The van der Waals surface area contributed by atoms with Gasteiger partial charge in [0.2, 0.25) is 0 Å². The lowest BCUT2D eigenvalue weighted by Crippen LogP contribution is -2.20. The van der Waals surface area contributed by atoms with Crippen LogP contribution in [0.25, 0.3) is 10.9 Å². The average Bonchev–Trinajstić information content (AvgIpc) is 3.09. The van der Waals surface area contributed by atoms with Crippen molar-refractivity contribution in [1.82, 2.24) is 10.4 Å². The lowest BCUT2D eigenvalue weighted by atomic mass is 10.1. The smallest absolute Gasteiger partial charge is 0.271 e. The van der Waals surface area contributed by atoms with Gasteiger partial charge >= 0.3 is 0 Å². The third-order valence-corrected chi connectivity index (χ3v) is 4.11. The number of rotatable bonds is 3. The van der Waals surface area contributed by atoms with Gasteiger partial charge in [0.05, 0.1) is 5.71 Å². The molecule has 1 aromatic heterocycles. The molecule has 0 spiro atoms. The Kier molecular flexibility index (Phi) is 3.85. The molecule has 0 saturated heterocycles. The van der Waals surface area contributed by atoms with E-state index in [4.69, 9.17) is 9.47 Å². The average molecular weight is 335 g/mol. The number of hydrogen-bond donors (Lipinski definition) is 2. The zero-order valence-electron chi connectivity index (χ0n) is 13.7. The first-order valence-corrected chi connectivity index (χ1v) is 8.03. The molecule has 6 heteroatoms. The van der Waals surface area contributed by atoms with Gasteiger partial charge in [-0.15, -0.1) is 0 Å². The van der Waals surface area contributed by atoms with Gasteiger partial charge in [-0.3, -0.25) is 4.79 Å². The Hall–Kier alpha value is -3.28. The summed E-state index contributed by atoms with van der Waals surface area (Å²) >= 11 is 0. The minimum atomic E-state index is -0.295. The minimum absolute atomic E-state index is 0.295. The van der Waals surface area contributed by atoms with Crippen LogP contribution in [0.15, 0.2) is 53.8 Å². The fourth-order valence-corrected chi connectivity index (χ4v) is 2.81. The highest BCUT2D eigenvalue weighted by Gasteiger charge is 2.15. The quantitative estimate of drug-likeness (QED) is 0.570. The molecule has 2 N–H and O–H groups in total. The minimum Gasteiger partial charge on any atom is -0.486 e. The van der Waals surface area contributed by atoms with Crippen molar-refractivity contribution in [2.24, 2.45) is 5.10 Å². The highest BCUT2D eigenvalue weighted by Crippen LogP contribution is 2.30. The maximum Gasteiger partial charge on any atom is 0.271 e. The van der Waals surface area contributed by atoms with E-state index in [1.165, 1.54) is 0 Å². The molecule has 1 aliphatic rings. The van der Waals surface area contributed by atoms with Crippen LogP contribution < -0.4 is 14.9 Å². The van der Waals surface area contributed by atoms with Crippen LogP contribution in [-0.2, 0) is 0 Å². The molecule has 0 unspecified atom stereocenters. The number of para-hydroxylation sites is 1. The molecule has 3 aromatic rings. The van der Waals surface area contributed by atoms with Crippen molar-refractivity contribution in [2.45, 2.75) is 6.92 Å². The van der Waals surface area contributed by atoms with Gasteiger partial charge in [-0.05, 0) is 31.2 Å². The van der Waals surface area contributed by atoms with Crippen molar-refractivity contribution in [1.29, 1.82) is 0 Å². The van der Waals surface area contributed by atoms with Gasteiger partial charge in [-0.25, -0.2) is 5.43 Å². The van der Waals surface area contributed by atoms with Crippen molar-refractivity contribution >= 4 is 22.5 Å². The third kappa shape index (κ3) is 2.94. The fraction of sp³-hybridized carbons (Fsp3) is 0.158. The topological polar surface area (TPSA) is 75.7 Å². The van der Waals surface area contributed by atoms with E-state index in [1.807, 2.05) is 37.4 Å². The van der Waals surface area contributed by atoms with E-state index in [0.29, 0.717) is 30.3 Å². The maximum absolute atomic E-state index is 12.3. The number of ether oxygens (including phenoxy) is 2. The molecule has 25 heavy (non-hydrogen) atoms. The molecule has 0 fully saturated rings. The molecule has 2 heterocycles. The molecule has 1 amide bonds. The summed E-state index contributed by atoms with van der Waals surface area (Å²) in [6, 6.07) is 13.1. The van der Waals surface area contributed by atoms with Crippen molar-refractivity contribution in [3.05, 3.63) is 59.8 Å². The van der Waals surface area contributed by atoms with Gasteiger partial charge in [0.15, 0.2) is 11.5 Å². The molecule has 126 valence electrons. The van der Waals surface area contributed by atoms with E-state index in [9.17, 15) is 4.79 Å². The summed E-state index contributed by atoms with van der Waals surface area (Å²) in [6.07, 6.45) is 1.89. The molecule has 0 aliphatic carbocycles. The third-order valence-electron chi connectivity index (χ3n) is 4.11. The number of fused-ring (bicyclic) bond motifs is 2. The van der Waals surface area contributed by atoms with Crippen LogP contribution >= 0.6 is 0 Å². The second-order valence-electron chi connectivity index (χ2n) is 5.74. The van der Waals surface area contributed by atoms with Crippen LogP contribution in [0, 0.1) is 0 Å². The Balaban J connectivity index is 1.53. The second-order valence-corrected chi connectivity index (χ2v) is 5.74. The Bertz CT molecular complexity index is 975. The molecule has 0 radical (unpaired) electrons. The van der Waals surface area contributed by atoms with Crippen LogP contribution in [0.3, 0.4) is 0 Å². The summed E-state index contributed by atoms with van der Waals surface area (Å²) in [5, 5.41) is 5.30. The van der Waals surface area contributed by atoms with E-state index in [2.05, 4.69) is 15.5 Å². The largest absolute Gasteiger partial charge is 0.486 e. The first-order valence-electron chi connectivity index (χ1n) is 8.03. The van der Waals surface area contributed by atoms with E-state index >= 15 is 0 Å². The Morgan fingerprint density at radius 2 is 1.92 bits per heavy atom. The van der Waals surface area contributed by atoms with Gasteiger partial charge in [-0.1, -0.05) is 18.2 Å². The molecule has 0 atom stereocenters. The predicted molar refractivity (Wildman–Crippen MR) is 95.4 cm³/mol. The number of hydrogen-bond acceptors (Lipinski definition) is 4. The van der Waals surface area contributed by atoms with Gasteiger partial charge in [0.1, 0.15) is 13.2 Å². The molecular weight excluding hydrogens is 318 g/mol. The van der Waals surface area contributed by atoms with E-state index in [-0.39, 0.29) is 5.91 Å². The summed E-state index contributed by atoms with van der Waals surface area (Å²) in [7, 11) is 0. The standard InChI is InChI=1S/C19H17N3O3/c1-12(15-11-20-16-5-3-2-4-14(15)16)21-22-19(23)13-6-7-17-18(10-13)25-9-8-24-17/h2-7,10-11,20H,8-9H2,1H3,(H,22,23). The summed E-state index contributed by atoms with van der Waals surface area (Å²) in [5.74, 6) is 0.939. The summed E-state index contributed by atoms with van der Waals surface area (Å²) in [5.41, 5.74) is 5.78. The highest BCUT2D eigenvalue weighted by atomic mass is 16.6. The monoisotopic (exact) mass is 335 g/mol. The van der Waals surface area contributed by atoms with E-state index in [0.717, 1.165) is 22.2 Å². The molecule has 0 bridgehead atoms. The Morgan fingerprint density at radius 1 is 1.12 bits per heavy atom. The number of nitrogens with zero attached hydrogens (tertiary/aromatic N) is 1. The summed E-state index contributed by atoms with van der Waals surface area (Å²) in [4.78, 5) is 15.5. The number of carbonyl (C=O) groups excluding carboxylic acids is 1. The fourth-order valence-electron chi connectivity index (χ4n) is 2.81. The van der Waals surface area contributed by atoms with E-state index in [1.54, 1.807) is 18.2 Å². The second kappa shape index (κ2) is 6.32. The summed E-state index contributed by atoms with van der Waals surface area (Å²) in [6.45, 7) is 2.86. The zero-order chi connectivity index (χ0) is 17.2. The SMILES string of the molecule is CC(=NNC(=O)c1ccc2c(c1)OCCO2)c1c[nH]c2ccccc12. The van der Waals surface area contributed by atoms with Gasteiger partial charge in [-0.2, -0.15) is 5.10 Å². The number of aromatic nitrogens is 1. The molecule has 6 nitrogen and oxygen atoms in total. The zero-order valence-corrected chi connectivity index (χ0v) is 13.7. The van der Waals surface area contributed by atoms with Crippen LogP contribution in [0.5, 0.6) is 11.5 Å². The lowest BCUT2D eigenvalue weighted by Gasteiger charge is -2.18. The number of aromatic amines is 1. The molecule has 1 aliphatic heterocycles. The normalized spacial score (nSPS) is 13.7. The van der Waals surface area contributed by atoms with Crippen molar-refractivity contribution in [3.63, 3.8) is 0 Å². The van der Waals surface area contributed by atoms with Crippen LogP contribution in [-0.4, -0.2) is 29.8 Å². The van der Waals surface area contributed by atoms with Crippen molar-refractivity contribution < 1.29 is 14.3 Å².